The summed E-state index contributed by atoms with van der Waals surface area (Å²) in [7, 11) is 0. The normalized spacial score (nSPS) is 10.4. The van der Waals surface area contributed by atoms with Crippen LogP contribution in [0.15, 0.2) is 48.5 Å². The van der Waals surface area contributed by atoms with Gasteiger partial charge in [0.2, 0.25) is 0 Å². The van der Waals surface area contributed by atoms with Gasteiger partial charge in [0.05, 0.1) is 11.4 Å². The number of nitrogen functional groups attached to an aromatic ring is 1. The maximum atomic E-state index is 11.8. The fourth-order valence-electron chi connectivity index (χ4n) is 1.89. The Labute approximate surface area is 124 Å². The van der Waals surface area contributed by atoms with E-state index in [2.05, 4.69) is 19.2 Å². The second-order valence-corrected chi connectivity index (χ2v) is 5.15. The second kappa shape index (κ2) is 6.79. The highest BCUT2D eigenvalue weighted by atomic mass is 16.5. The van der Waals surface area contributed by atoms with Crippen molar-refractivity contribution < 1.29 is 9.53 Å². The Morgan fingerprint density at radius 1 is 1.14 bits per heavy atom. The number of para-hydroxylation sites is 2. The Morgan fingerprint density at radius 2 is 1.81 bits per heavy atom. The van der Waals surface area contributed by atoms with E-state index in [1.807, 2.05) is 36.4 Å². The third kappa shape index (κ3) is 4.24. The van der Waals surface area contributed by atoms with Gasteiger partial charge in [0.15, 0.2) is 6.61 Å². The number of hydrogen-bond donors (Lipinski definition) is 2. The lowest BCUT2D eigenvalue weighted by molar-refractivity contribution is -0.118. The Kier molecular flexibility index (Phi) is 4.82. The first-order valence-electron chi connectivity index (χ1n) is 6.93. The van der Waals surface area contributed by atoms with Crippen molar-refractivity contribution in [1.29, 1.82) is 0 Å². The molecule has 2 aromatic carbocycles. The number of ether oxygens (including phenoxy) is 1. The molecule has 0 saturated carbocycles. The van der Waals surface area contributed by atoms with Crippen LogP contribution in [-0.2, 0) is 4.79 Å². The molecule has 2 aromatic rings. The molecule has 0 fully saturated rings. The van der Waals surface area contributed by atoms with Gasteiger partial charge in [0.25, 0.3) is 5.91 Å². The Bertz CT molecular complexity index is 606. The number of amides is 1. The summed E-state index contributed by atoms with van der Waals surface area (Å²) in [6.45, 7) is 4.22. The number of nitrogens with one attached hydrogen (secondary N) is 1. The monoisotopic (exact) mass is 284 g/mol. The minimum absolute atomic E-state index is 0.0463. The maximum absolute atomic E-state index is 11.8. The molecular weight excluding hydrogens is 264 g/mol. The van der Waals surface area contributed by atoms with Crippen molar-refractivity contribution in [2.45, 2.75) is 19.8 Å². The Balaban J connectivity index is 1.88. The number of nitrogens with two attached hydrogens (primary N) is 1. The molecule has 0 radical (unpaired) electrons. The lowest BCUT2D eigenvalue weighted by atomic mass is 10.0. The van der Waals surface area contributed by atoms with Gasteiger partial charge in [-0.05, 0) is 35.7 Å². The molecule has 1 amide bonds. The second-order valence-electron chi connectivity index (χ2n) is 5.15. The molecule has 0 aliphatic carbocycles. The maximum Gasteiger partial charge on any atom is 0.262 e. The van der Waals surface area contributed by atoms with Gasteiger partial charge in [-0.25, -0.2) is 0 Å². The van der Waals surface area contributed by atoms with E-state index in [9.17, 15) is 4.79 Å². The molecule has 0 aliphatic heterocycles. The van der Waals surface area contributed by atoms with Gasteiger partial charge in [-0.3, -0.25) is 4.79 Å². The van der Waals surface area contributed by atoms with E-state index in [1.165, 1.54) is 5.56 Å². The van der Waals surface area contributed by atoms with Crippen molar-refractivity contribution in [3.63, 3.8) is 0 Å². The third-order valence-corrected chi connectivity index (χ3v) is 3.15. The predicted octanol–water partition coefficient (Wildman–Crippen LogP) is 3.41. The zero-order chi connectivity index (χ0) is 15.2. The van der Waals surface area contributed by atoms with E-state index in [1.54, 1.807) is 12.1 Å². The molecule has 21 heavy (non-hydrogen) atoms. The molecule has 0 saturated heterocycles. The first kappa shape index (κ1) is 14.9. The molecule has 0 heterocycles. The topological polar surface area (TPSA) is 64.3 Å². The first-order valence-corrected chi connectivity index (χ1v) is 6.93. The van der Waals surface area contributed by atoms with E-state index in [0.717, 1.165) is 0 Å². The smallest absolute Gasteiger partial charge is 0.262 e. The zero-order valence-corrected chi connectivity index (χ0v) is 12.3. The minimum atomic E-state index is -0.235. The van der Waals surface area contributed by atoms with E-state index in [-0.39, 0.29) is 12.5 Å². The number of anilines is 2. The van der Waals surface area contributed by atoms with Crippen LogP contribution < -0.4 is 15.8 Å². The fraction of sp³-hybridized carbons (Fsp3) is 0.235. The summed E-state index contributed by atoms with van der Waals surface area (Å²) in [5.74, 6) is 0.917. The van der Waals surface area contributed by atoms with Crippen molar-refractivity contribution in [3.05, 3.63) is 54.1 Å². The standard InChI is InChI=1S/C17H20N2O2/c1-12(2)13-7-9-14(10-8-13)21-11-17(20)19-16-6-4-3-5-15(16)18/h3-10,12H,11,18H2,1-2H3,(H,19,20). The van der Waals surface area contributed by atoms with Gasteiger partial charge in [0.1, 0.15) is 5.75 Å². The van der Waals surface area contributed by atoms with Crippen LogP contribution in [0.2, 0.25) is 0 Å². The van der Waals surface area contributed by atoms with Crippen LogP contribution in [0.1, 0.15) is 25.3 Å². The van der Waals surface area contributed by atoms with Crippen molar-refractivity contribution in [2.75, 3.05) is 17.7 Å². The van der Waals surface area contributed by atoms with Gasteiger partial charge in [-0.2, -0.15) is 0 Å². The molecule has 0 unspecified atom stereocenters. The molecular formula is C17H20N2O2. The summed E-state index contributed by atoms with van der Waals surface area (Å²) in [5.41, 5.74) is 8.14. The highest BCUT2D eigenvalue weighted by molar-refractivity contribution is 5.94. The van der Waals surface area contributed by atoms with Crippen molar-refractivity contribution >= 4 is 17.3 Å². The average Bonchev–Trinajstić information content (AvgIpc) is 2.48. The number of carbonyl (C=O) groups excluding carboxylic acids is 1. The van der Waals surface area contributed by atoms with Crippen LogP contribution in [0, 0.1) is 0 Å². The largest absolute Gasteiger partial charge is 0.484 e. The molecule has 110 valence electrons. The Hall–Kier alpha value is -2.49. The molecule has 2 rings (SSSR count). The lowest BCUT2D eigenvalue weighted by Crippen LogP contribution is -2.20. The van der Waals surface area contributed by atoms with Gasteiger partial charge in [0, 0.05) is 0 Å². The number of benzene rings is 2. The summed E-state index contributed by atoms with van der Waals surface area (Å²) in [5, 5.41) is 2.72. The highest BCUT2D eigenvalue weighted by Gasteiger charge is 2.06. The van der Waals surface area contributed by atoms with Crippen LogP contribution in [0.4, 0.5) is 11.4 Å². The van der Waals surface area contributed by atoms with Crippen LogP contribution in [0.5, 0.6) is 5.75 Å². The third-order valence-electron chi connectivity index (χ3n) is 3.15. The summed E-state index contributed by atoms with van der Waals surface area (Å²) in [4.78, 5) is 11.8. The van der Waals surface area contributed by atoms with Crippen LogP contribution in [0.25, 0.3) is 0 Å². The number of hydrogen-bond acceptors (Lipinski definition) is 3. The highest BCUT2D eigenvalue weighted by Crippen LogP contribution is 2.19. The van der Waals surface area contributed by atoms with Gasteiger partial charge in [-0.1, -0.05) is 38.1 Å². The number of carbonyl (C=O) groups is 1. The first-order chi connectivity index (χ1) is 10.1. The van der Waals surface area contributed by atoms with Crippen LogP contribution in [0.3, 0.4) is 0 Å². The quantitative estimate of drug-likeness (QED) is 0.827. The molecule has 4 nitrogen and oxygen atoms in total. The van der Waals surface area contributed by atoms with E-state index < -0.39 is 0 Å². The molecule has 0 spiro atoms. The average molecular weight is 284 g/mol. The number of rotatable bonds is 5. The molecule has 0 aromatic heterocycles. The summed E-state index contributed by atoms with van der Waals surface area (Å²) in [6, 6.07) is 14.9. The molecule has 4 heteroatoms. The van der Waals surface area contributed by atoms with Crippen LogP contribution >= 0.6 is 0 Å². The van der Waals surface area contributed by atoms with E-state index >= 15 is 0 Å². The SMILES string of the molecule is CC(C)c1ccc(OCC(=O)Nc2ccccc2N)cc1. The van der Waals surface area contributed by atoms with Crippen molar-refractivity contribution in [2.24, 2.45) is 0 Å². The van der Waals surface area contributed by atoms with Gasteiger partial charge >= 0.3 is 0 Å². The summed E-state index contributed by atoms with van der Waals surface area (Å²) >= 11 is 0. The molecule has 3 N–H and O–H groups in total. The molecule has 0 aliphatic rings. The van der Waals surface area contributed by atoms with Crippen molar-refractivity contribution in [1.82, 2.24) is 0 Å². The molecule has 0 atom stereocenters. The van der Waals surface area contributed by atoms with Gasteiger partial charge < -0.3 is 15.8 Å². The van der Waals surface area contributed by atoms with Gasteiger partial charge in [-0.15, -0.1) is 0 Å². The summed E-state index contributed by atoms with van der Waals surface area (Å²) in [6.07, 6.45) is 0. The van der Waals surface area contributed by atoms with Crippen LogP contribution in [-0.4, -0.2) is 12.5 Å². The predicted molar refractivity (Wildman–Crippen MR) is 85.5 cm³/mol. The Morgan fingerprint density at radius 3 is 2.43 bits per heavy atom. The van der Waals surface area contributed by atoms with E-state index in [0.29, 0.717) is 23.0 Å². The fourth-order valence-corrected chi connectivity index (χ4v) is 1.89. The lowest BCUT2D eigenvalue weighted by Gasteiger charge is -2.10. The summed E-state index contributed by atoms with van der Waals surface area (Å²) < 4.78 is 5.46. The zero-order valence-electron chi connectivity index (χ0n) is 12.3. The van der Waals surface area contributed by atoms with Crippen molar-refractivity contribution in [3.8, 4) is 5.75 Å². The minimum Gasteiger partial charge on any atom is -0.484 e. The molecule has 0 bridgehead atoms. The van der Waals surface area contributed by atoms with E-state index in [4.69, 9.17) is 10.5 Å².